The third kappa shape index (κ3) is 5.21. The van der Waals surface area contributed by atoms with Crippen LogP contribution in [0.5, 0.6) is 0 Å². The number of anilines is 2. The van der Waals surface area contributed by atoms with Crippen LogP contribution in [0.1, 0.15) is 15.2 Å². The highest BCUT2D eigenvalue weighted by atomic mass is 32.1. The van der Waals surface area contributed by atoms with E-state index in [4.69, 9.17) is 5.73 Å². The number of nitrogens with two attached hydrogens (primary N) is 1. The number of carbonyl (C=O) groups excluding carboxylic acids is 1. The zero-order valence-electron chi connectivity index (χ0n) is 18.7. The molecule has 1 aromatic carbocycles. The number of pyridine rings is 1. The fourth-order valence-corrected chi connectivity index (χ4v) is 4.35. The third-order valence-electron chi connectivity index (χ3n) is 5.14. The van der Waals surface area contributed by atoms with Crippen molar-refractivity contribution in [3.63, 3.8) is 0 Å². The summed E-state index contributed by atoms with van der Waals surface area (Å²) >= 11 is 1.66. The summed E-state index contributed by atoms with van der Waals surface area (Å²) in [5.74, 6) is 0.790. The minimum absolute atomic E-state index is 0.206. The summed E-state index contributed by atoms with van der Waals surface area (Å²) in [4.78, 5) is 27.6. The first-order valence-electron chi connectivity index (χ1n) is 10.6. The van der Waals surface area contributed by atoms with Gasteiger partial charge in [0.15, 0.2) is 0 Å². The lowest BCUT2D eigenvalue weighted by Crippen LogP contribution is -2.26. The maximum absolute atomic E-state index is 12.7. The normalized spacial score (nSPS) is 11.3. The molecular formula is C25H25N7OS. The molecule has 0 spiro atoms. The van der Waals surface area contributed by atoms with Gasteiger partial charge in [0, 0.05) is 41.1 Å². The quantitative estimate of drug-likeness (QED) is 0.273. The van der Waals surface area contributed by atoms with Crippen LogP contribution in [0.3, 0.4) is 0 Å². The molecule has 0 atom stereocenters. The van der Waals surface area contributed by atoms with E-state index in [0.29, 0.717) is 30.3 Å². The zero-order chi connectivity index (χ0) is 23.9. The lowest BCUT2D eigenvalue weighted by molar-refractivity contribution is 0.0957. The minimum Gasteiger partial charge on any atom is -0.394 e. The Bertz CT molecular complexity index is 1360. The third-order valence-corrected chi connectivity index (χ3v) is 6.27. The second-order valence-electron chi connectivity index (χ2n) is 7.40. The van der Waals surface area contributed by atoms with Gasteiger partial charge in [-0.1, -0.05) is 18.7 Å². The molecule has 0 saturated heterocycles. The van der Waals surface area contributed by atoms with E-state index in [2.05, 4.69) is 49.6 Å². The molecule has 0 radical (unpaired) electrons. The SMILES string of the molecule is C=C/C(=C\NC)CNC(=O)c1cccnc1NCc1ccc(-c2ccc3ncnc(N)c3c2)s1. The molecule has 4 aromatic rings. The number of aromatic nitrogens is 3. The number of nitrogen functional groups attached to an aromatic ring is 1. The van der Waals surface area contributed by atoms with E-state index in [9.17, 15) is 4.79 Å². The van der Waals surface area contributed by atoms with Gasteiger partial charge < -0.3 is 21.7 Å². The van der Waals surface area contributed by atoms with E-state index in [1.54, 1.807) is 49.0 Å². The Morgan fingerprint density at radius 3 is 2.88 bits per heavy atom. The standard InChI is InChI=1S/C25H25N7OS/c1-3-16(12-27-2)13-30-25(33)19-5-4-10-28-24(19)29-14-18-7-9-22(34-18)17-6-8-21-20(11-17)23(26)32-15-31-21/h3-12,15,27H,1,13-14H2,2H3,(H,28,29)(H,30,33)(H2,26,31,32)/b16-12+. The highest BCUT2D eigenvalue weighted by Crippen LogP contribution is 2.31. The lowest BCUT2D eigenvalue weighted by atomic mass is 10.1. The summed E-state index contributed by atoms with van der Waals surface area (Å²) in [5, 5.41) is 9.97. The average Bonchev–Trinajstić information content (AvgIpc) is 3.34. The van der Waals surface area contributed by atoms with Gasteiger partial charge in [-0.2, -0.15) is 0 Å². The van der Waals surface area contributed by atoms with Crippen LogP contribution in [0, 0.1) is 0 Å². The molecule has 172 valence electrons. The van der Waals surface area contributed by atoms with Crippen molar-refractivity contribution in [2.45, 2.75) is 6.54 Å². The molecule has 0 fully saturated rings. The number of carbonyl (C=O) groups is 1. The number of fused-ring (bicyclic) bond motifs is 1. The summed E-state index contributed by atoms with van der Waals surface area (Å²) in [6.45, 7) is 4.67. The fourth-order valence-electron chi connectivity index (χ4n) is 3.40. The Kier molecular flexibility index (Phi) is 7.14. The Hall–Kier alpha value is -4.24. The van der Waals surface area contributed by atoms with Gasteiger partial charge >= 0.3 is 0 Å². The van der Waals surface area contributed by atoms with Crippen LogP contribution in [0.25, 0.3) is 21.3 Å². The van der Waals surface area contributed by atoms with E-state index in [1.165, 1.54) is 6.33 Å². The zero-order valence-corrected chi connectivity index (χ0v) is 19.5. The number of hydrogen-bond acceptors (Lipinski definition) is 8. The van der Waals surface area contributed by atoms with Crippen molar-refractivity contribution in [3.8, 4) is 10.4 Å². The maximum atomic E-state index is 12.7. The molecule has 0 unspecified atom stereocenters. The van der Waals surface area contributed by atoms with Gasteiger partial charge in [0.2, 0.25) is 0 Å². The van der Waals surface area contributed by atoms with Crippen molar-refractivity contribution in [2.24, 2.45) is 0 Å². The first-order chi connectivity index (χ1) is 16.6. The summed E-state index contributed by atoms with van der Waals surface area (Å²) in [7, 11) is 1.80. The minimum atomic E-state index is -0.206. The van der Waals surface area contributed by atoms with Crippen molar-refractivity contribution < 1.29 is 4.79 Å². The van der Waals surface area contributed by atoms with Gasteiger partial charge in [-0.05, 0) is 47.5 Å². The molecule has 3 aromatic heterocycles. The highest BCUT2D eigenvalue weighted by molar-refractivity contribution is 7.15. The number of rotatable bonds is 9. The Morgan fingerprint density at radius 2 is 2.06 bits per heavy atom. The van der Waals surface area contributed by atoms with Crippen molar-refractivity contribution in [1.29, 1.82) is 0 Å². The number of amides is 1. The molecule has 34 heavy (non-hydrogen) atoms. The van der Waals surface area contributed by atoms with E-state index in [-0.39, 0.29) is 5.91 Å². The Balaban J connectivity index is 1.45. The number of benzene rings is 1. The van der Waals surface area contributed by atoms with Crippen LogP contribution in [0.4, 0.5) is 11.6 Å². The number of nitrogens with one attached hydrogen (secondary N) is 3. The number of hydrogen-bond donors (Lipinski definition) is 4. The predicted octanol–water partition coefficient (Wildman–Crippen LogP) is 3.97. The molecule has 1 amide bonds. The molecule has 9 heteroatoms. The van der Waals surface area contributed by atoms with Crippen LogP contribution in [0.15, 0.2) is 79.4 Å². The fraction of sp³-hybridized carbons (Fsp3) is 0.120. The first kappa shape index (κ1) is 22.9. The van der Waals surface area contributed by atoms with Crippen LogP contribution in [-0.2, 0) is 6.54 Å². The second-order valence-corrected chi connectivity index (χ2v) is 8.57. The molecule has 8 nitrogen and oxygen atoms in total. The highest BCUT2D eigenvalue weighted by Gasteiger charge is 2.13. The van der Waals surface area contributed by atoms with Gasteiger partial charge in [0.05, 0.1) is 17.6 Å². The summed E-state index contributed by atoms with van der Waals surface area (Å²) in [6, 6.07) is 13.6. The molecule has 4 rings (SSSR count). The van der Waals surface area contributed by atoms with E-state index >= 15 is 0 Å². The summed E-state index contributed by atoms with van der Waals surface area (Å²) in [6.07, 6.45) is 6.62. The van der Waals surface area contributed by atoms with Gasteiger partial charge in [-0.3, -0.25) is 4.79 Å². The number of nitrogens with zero attached hydrogens (tertiary/aromatic N) is 3. The molecule has 0 bridgehead atoms. The van der Waals surface area contributed by atoms with Crippen molar-refractivity contribution in [3.05, 3.63) is 89.9 Å². The molecule has 0 aliphatic rings. The van der Waals surface area contributed by atoms with Gasteiger partial charge in [0.1, 0.15) is 18.0 Å². The van der Waals surface area contributed by atoms with Crippen LogP contribution in [0.2, 0.25) is 0 Å². The van der Waals surface area contributed by atoms with Crippen LogP contribution < -0.4 is 21.7 Å². The van der Waals surface area contributed by atoms with Crippen molar-refractivity contribution in [2.75, 3.05) is 24.6 Å². The second kappa shape index (κ2) is 10.6. The molecule has 3 heterocycles. The van der Waals surface area contributed by atoms with Crippen molar-refractivity contribution >= 4 is 39.8 Å². The Morgan fingerprint density at radius 1 is 1.18 bits per heavy atom. The summed E-state index contributed by atoms with van der Waals surface area (Å²) < 4.78 is 0. The molecule has 0 aliphatic heterocycles. The smallest absolute Gasteiger partial charge is 0.255 e. The largest absolute Gasteiger partial charge is 0.394 e. The lowest BCUT2D eigenvalue weighted by Gasteiger charge is -2.11. The number of thiophene rings is 1. The summed E-state index contributed by atoms with van der Waals surface area (Å²) in [5.41, 5.74) is 9.24. The van der Waals surface area contributed by atoms with Crippen molar-refractivity contribution in [1.82, 2.24) is 25.6 Å². The van der Waals surface area contributed by atoms with Gasteiger partial charge in [0.25, 0.3) is 5.91 Å². The van der Waals surface area contributed by atoms with E-state index in [1.807, 2.05) is 18.2 Å². The van der Waals surface area contributed by atoms with Crippen LogP contribution >= 0.6 is 11.3 Å². The molecular weight excluding hydrogens is 446 g/mol. The molecule has 5 N–H and O–H groups in total. The van der Waals surface area contributed by atoms with E-state index < -0.39 is 0 Å². The molecule has 0 saturated carbocycles. The topological polar surface area (TPSA) is 118 Å². The molecule has 0 aliphatic carbocycles. The monoisotopic (exact) mass is 471 g/mol. The maximum Gasteiger partial charge on any atom is 0.255 e. The van der Waals surface area contributed by atoms with E-state index in [0.717, 1.165) is 31.8 Å². The van der Waals surface area contributed by atoms with Crippen LogP contribution in [-0.4, -0.2) is 34.5 Å². The van der Waals surface area contributed by atoms with Gasteiger partial charge in [-0.15, -0.1) is 11.3 Å². The predicted molar refractivity (Wildman–Crippen MR) is 138 cm³/mol. The Labute approximate surface area is 201 Å². The van der Waals surface area contributed by atoms with Gasteiger partial charge in [-0.25, -0.2) is 15.0 Å². The average molecular weight is 472 g/mol. The first-order valence-corrected chi connectivity index (χ1v) is 11.5.